The van der Waals surface area contributed by atoms with E-state index < -0.39 is 0 Å². The molecule has 2 nitrogen and oxygen atoms in total. The maximum Gasteiger partial charge on any atom is 0.0108 e. The minimum absolute atomic E-state index is 0.760. The molecule has 1 aliphatic carbocycles. The molecule has 2 heteroatoms. The van der Waals surface area contributed by atoms with Gasteiger partial charge in [-0.1, -0.05) is 34.6 Å². The van der Waals surface area contributed by atoms with Gasteiger partial charge in [-0.15, -0.1) is 0 Å². The molecule has 0 spiro atoms. The van der Waals surface area contributed by atoms with Gasteiger partial charge in [0, 0.05) is 12.6 Å². The molecule has 120 valence electrons. The summed E-state index contributed by atoms with van der Waals surface area (Å²) in [5.74, 6) is 2.65. The van der Waals surface area contributed by atoms with Crippen LogP contribution in [0, 0.1) is 17.8 Å². The molecule has 3 unspecified atom stereocenters. The summed E-state index contributed by atoms with van der Waals surface area (Å²) >= 11 is 0. The Balaban J connectivity index is 2.60. The van der Waals surface area contributed by atoms with Crippen LogP contribution < -0.4 is 5.32 Å². The zero-order valence-electron chi connectivity index (χ0n) is 14.6. The van der Waals surface area contributed by atoms with Gasteiger partial charge in [0.1, 0.15) is 0 Å². The highest BCUT2D eigenvalue weighted by molar-refractivity contribution is 4.87. The first-order valence-corrected chi connectivity index (χ1v) is 9.07. The van der Waals surface area contributed by atoms with Crippen LogP contribution in [-0.2, 0) is 0 Å². The van der Waals surface area contributed by atoms with Gasteiger partial charge in [-0.25, -0.2) is 0 Å². The Morgan fingerprint density at radius 2 is 1.85 bits per heavy atom. The van der Waals surface area contributed by atoms with E-state index in [-0.39, 0.29) is 0 Å². The minimum Gasteiger partial charge on any atom is -0.314 e. The van der Waals surface area contributed by atoms with Gasteiger partial charge in [0.05, 0.1) is 0 Å². The predicted octanol–water partition coefficient (Wildman–Crippen LogP) is 4.16. The summed E-state index contributed by atoms with van der Waals surface area (Å²) in [6.45, 7) is 16.7. The second-order valence-electron chi connectivity index (χ2n) is 7.03. The first kappa shape index (κ1) is 18.0. The quantitative estimate of drug-likeness (QED) is 0.683. The fourth-order valence-corrected chi connectivity index (χ4v) is 3.73. The van der Waals surface area contributed by atoms with Gasteiger partial charge in [-0.3, -0.25) is 0 Å². The van der Waals surface area contributed by atoms with E-state index in [2.05, 4.69) is 44.8 Å². The normalized spacial score (nSPS) is 27.4. The molecule has 0 aliphatic heterocycles. The first-order valence-electron chi connectivity index (χ1n) is 9.07. The van der Waals surface area contributed by atoms with Gasteiger partial charge in [-0.2, -0.15) is 0 Å². The topological polar surface area (TPSA) is 15.3 Å². The molecule has 0 heterocycles. The van der Waals surface area contributed by atoms with Gasteiger partial charge in [0.25, 0.3) is 0 Å². The molecule has 1 rings (SSSR count). The molecule has 20 heavy (non-hydrogen) atoms. The molecule has 0 aromatic heterocycles. The van der Waals surface area contributed by atoms with E-state index in [9.17, 15) is 0 Å². The third-order valence-corrected chi connectivity index (χ3v) is 5.10. The molecule has 0 bridgehead atoms. The monoisotopic (exact) mass is 282 g/mol. The molecule has 3 atom stereocenters. The minimum atomic E-state index is 0.760. The third-order valence-electron chi connectivity index (χ3n) is 5.10. The molecule has 0 saturated heterocycles. The summed E-state index contributed by atoms with van der Waals surface area (Å²) in [6.07, 6.45) is 6.77. The Kier molecular flexibility index (Phi) is 8.79. The maximum absolute atomic E-state index is 3.83. The molecular formula is C18H38N2. The average Bonchev–Trinajstić information content (AvgIpc) is 2.45. The Morgan fingerprint density at radius 1 is 1.10 bits per heavy atom. The van der Waals surface area contributed by atoms with E-state index >= 15 is 0 Å². The van der Waals surface area contributed by atoms with E-state index in [1.807, 2.05) is 0 Å². The molecular weight excluding hydrogens is 244 g/mol. The van der Waals surface area contributed by atoms with Crippen LogP contribution in [0.2, 0.25) is 0 Å². The van der Waals surface area contributed by atoms with Crippen molar-refractivity contribution in [1.82, 2.24) is 10.2 Å². The molecule has 0 amide bonds. The molecule has 1 aliphatic rings. The van der Waals surface area contributed by atoms with E-state index in [1.165, 1.54) is 58.3 Å². The fraction of sp³-hybridized carbons (Fsp3) is 1.00. The second kappa shape index (κ2) is 9.78. The molecule has 1 fully saturated rings. The zero-order valence-corrected chi connectivity index (χ0v) is 14.6. The van der Waals surface area contributed by atoms with Crippen LogP contribution in [0.5, 0.6) is 0 Å². The van der Waals surface area contributed by atoms with Crippen molar-refractivity contribution < 1.29 is 0 Å². The number of nitrogens with zero attached hydrogens (tertiary/aromatic N) is 1. The van der Waals surface area contributed by atoms with E-state index in [1.54, 1.807) is 0 Å². The van der Waals surface area contributed by atoms with Gasteiger partial charge < -0.3 is 10.2 Å². The van der Waals surface area contributed by atoms with Gasteiger partial charge in [0.15, 0.2) is 0 Å². The van der Waals surface area contributed by atoms with Crippen LogP contribution in [0.25, 0.3) is 0 Å². The highest BCUT2D eigenvalue weighted by Gasteiger charge is 2.32. The van der Waals surface area contributed by atoms with Crippen LogP contribution in [0.1, 0.15) is 66.7 Å². The van der Waals surface area contributed by atoms with Crippen molar-refractivity contribution in [2.45, 2.75) is 72.8 Å². The van der Waals surface area contributed by atoms with Gasteiger partial charge >= 0.3 is 0 Å². The SMILES string of the molecule is CCCNC1CCC(C(C)C)CC1CN(CC)CCC. The van der Waals surface area contributed by atoms with Crippen LogP contribution in [0.3, 0.4) is 0 Å². The van der Waals surface area contributed by atoms with Crippen molar-refractivity contribution in [2.75, 3.05) is 26.2 Å². The second-order valence-corrected chi connectivity index (χ2v) is 7.03. The van der Waals surface area contributed by atoms with E-state index in [4.69, 9.17) is 0 Å². The number of rotatable bonds is 9. The lowest BCUT2D eigenvalue weighted by Crippen LogP contribution is -2.46. The highest BCUT2D eigenvalue weighted by Crippen LogP contribution is 2.34. The van der Waals surface area contributed by atoms with E-state index in [0.29, 0.717) is 0 Å². The van der Waals surface area contributed by atoms with Crippen molar-refractivity contribution in [2.24, 2.45) is 17.8 Å². The molecule has 1 N–H and O–H groups in total. The number of hydrogen-bond donors (Lipinski definition) is 1. The van der Waals surface area contributed by atoms with Gasteiger partial charge in [-0.05, 0) is 69.5 Å². The predicted molar refractivity (Wildman–Crippen MR) is 90.2 cm³/mol. The van der Waals surface area contributed by atoms with Crippen LogP contribution in [-0.4, -0.2) is 37.1 Å². The maximum atomic E-state index is 3.83. The fourth-order valence-electron chi connectivity index (χ4n) is 3.73. The van der Waals surface area contributed by atoms with Crippen LogP contribution in [0.4, 0.5) is 0 Å². The molecule has 0 radical (unpaired) electrons. The Labute approximate surface area is 127 Å². The lowest BCUT2D eigenvalue weighted by Gasteiger charge is -2.40. The summed E-state index contributed by atoms with van der Waals surface area (Å²) in [5.41, 5.74) is 0. The summed E-state index contributed by atoms with van der Waals surface area (Å²) in [4.78, 5) is 2.66. The van der Waals surface area contributed by atoms with Crippen molar-refractivity contribution in [1.29, 1.82) is 0 Å². The van der Waals surface area contributed by atoms with Crippen LogP contribution >= 0.6 is 0 Å². The van der Waals surface area contributed by atoms with Crippen LogP contribution in [0.15, 0.2) is 0 Å². The summed E-state index contributed by atoms with van der Waals surface area (Å²) in [7, 11) is 0. The van der Waals surface area contributed by atoms with Crippen molar-refractivity contribution >= 4 is 0 Å². The van der Waals surface area contributed by atoms with Crippen molar-refractivity contribution in [3.8, 4) is 0 Å². The first-order chi connectivity index (χ1) is 9.62. The Bertz CT molecular complexity index is 240. The highest BCUT2D eigenvalue weighted by atomic mass is 15.1. The summed E-state index contributed by atoms with van der Waals surface area (Å²) < 4.78 is 0. The summed E-state index contributed by atoms with van der Waals surface area (Å²) in [6, 6.07) is 0.760. The van der Waals surface area contributed by atoms with Crippen molar-refractivity contribution in [3.63, 3.8) is 0 Å². The average molecular weight is 283 g/mol. The summed E-state index contributed by atoms with van der Waals surface area (Å²) in [5, 5.41) is 3.83. The molecule has 0 aromatic rings. The standard InChI is InChI=1S/C18H38N2/c1-6-11-19-18-10-9-16(15(4)5)13-17(18)14-20(8-3)12-7-2/h15-19H,6-14H2,1-5H3. The Hall–Kier alpha value is -0.0800. The molecule has 0 aromatic carbocycles. The smallest absolute Gasteiger partial charge is 0.0108 e. The lowest BCUT2D eigenvalue weighted by molar-refractivity contribution is 0.123. The number of hydrogen-bond acceptors (Lipinski definition) is 2. The van der Waals surface area contributed by atoms with E-state index in [0.717, 1.165) is 23.8 Å². The number of nitrogens with one attached hydrogen (secondary N) is 1. The molecule has 1 saturated carbocycles. The third kappa shape index (κ3) is 5.73. The lowest BCUT2D eigenvalue weighted by atomic mass is 9.73. The Morgan fingerprint density at radius 3 is 2.40 bits per heavy atom. The van der Waals surface area contributed by atoms with Crippen molar-refractivity contribution in [3.05, 3.63) is 0 Å². The zero-order chi connectivity index (χ0) is 15.0. The largest absolute Gasteiger partial charge is 0.314 e. The van der Waals surface area contributed by atoms with Gasteiger partial charge in [0.2, 0.25) is 0 Å².